The van der Waals surface area contributed by atoms with Crippen LogP contribution in [-0.4, -0.2) is 37.0 Å². The summed E-state index contributed by atoms with van der Waals surface area (Å²) in [4.78, 5) is 16.9. The number of imidazole rings is 1. The van der Waals surface area contributed by atoms with Gasteiger partial charge in [0.2, 0.25) is 0 Å². The summed E-state index contributed by atoms with van der Waals surface area (Å²) < 4.78 is 3.43. The van der Waals surface area contributed by atoms with Gasteiger partial charge in [-0.25, -0.2) is 4.98 Å². The molecule has 0 radical (unpaired) electrons. The highest BCUT2D eigenvalue weighted by molar-refractivity contribution is 5.92. The van der Waals surface area contributed by atoms with Crippen LogP contribution in [0.3, 0.4) is 0 Å². The predicted molar refractivity (Wildman–Crippen MR) is 88.0 cm³/mol. The smallest absolute Gasteiger partial charge is 0.274 e. The first-order valence-corrected chi connectivity index (χ1v) is 7.62. The molecule has 2 heterocycles. The van der Waals surface area contributed by atoms with E-state index >= 15 is 0 Å². The summed E-state index contributed by atoms with van der Waals surface area (Å²) in [7, 11) is 1.89. The van der Waals surface area contributed by atoms with Gasteiger partial charge in [-0.2, -0.15) is 0 Å². The third kappa shape index (κ3) is 3.33. The van der Waals surface area contributed by atoms with Crippen molar-refractivity contribution in [1.29, 1.82) is 0 Å². The fraction of sp³-hybridized carbons (Fsp3) is 0.250. The van der Waals surface area contributed by atoms with Crippen molar-refractivity contribution in [2.75, 3.05) is 6.54 Å². The Balaban J connectivity index is 1.86. The van der Waals surface area contributed by atoms with E-state index in [0.717, 1.165) is 11.4 Å². The van der Waals surface area contributed by atoms with Crippen molar-refractivity contribution in [1.82, 2.24) is 29.9 Å². The minimum atomic E-state index is -0.377. The van der Waals surface area contributed by atoms with E-state index in [-0.39, 0.29) is 17.6 Å². The molecule has 124 valence electrons. The second kappa shape index (κ2) is 7.05. The number of carbonyl (C=O) groups excluding carboxylic acids is 1. The molecule has 8 nitrogen and oxygen atoms in total. The summed E-state index contributed by atoms with van der Waals surface area (Å²) in [5.74, 6) is 0.430. The van der Waals surface area contributed by atoms with Crippen LogP contribution in [0, 0.1) is 0 Å². The number of benzene rings is 1. The molecule has 0 saturated heterocycles. The lowest BCUT2D eigenvalue weighted by atomic mass is 10.1. The summed E-state index contributed by atoms with van der Waals surface area (Å²) >= 11 is 0. The second-order valence-corrected chi connectivity index (χ2v) is 5.37. The van der Waals surface area contributed by atoms with Crippen molar-refractivity contribution in [3.8, 4) is 0 Å². The molecule has 2 aromatic heterocycles. The van der Waals surface area contributed by atoms with Crippen molar-refractivity contribution < 1.29 is 4.79 Å². The highest BCUT2D eigenvalue weighted by atomic mass is 16.2. The number of nitrogens with zero attached hydrogens (tertiary/aromatic N) is 5. The zero-order valence-electron chi connectivity index (χ0n) is 13.3. The number of rotatable bonds is 6. The molecule has 3 rings (SSSR count). The summed E-state index contributed by atoms with van der Waals surface area (Å²) in [5, 5.41) is 10.8. The first-order valence-electron chi connectivity index (χ1n) is 7.62. The van der Waals surface area contributed by atoms with E-state index in [9.17, 15) is 4.79 Å². The molecule has 24 heavy (non-hydrogen) atoms. The van der Waals surface area contributed by atoms with E-state index in [1.165, 1.54) is 0 Å². The van der Waals surface area contributed by atoms with Crippen LogP contribution in [0.1, 0.15) is 27.9 Å². The lowest BCUT2D eigenvalue weighted by molar-refractivity contribution is 0.0936. The van der Waals surface area contributed by atoms with Gasteiger partial charge in [-0.3, -0.25) is 9.48 Å². The quantitative estimate of drug-likeness (QED) is 0.686. The highest BCUT2D eigenvalue weighted by Gasteiger charge is 2.22. The standard InChI is InChI=1S/C16H19N7O/c1-22-10-8-18-15(22)14(12-5-3-2-4-6-12)19-16(24)13-11-23(9-7-17)21-20-13/h2-6,8,10-11,14H,7,9,17H2,1H3,(H,19,24). The Labute approximate surface area is 139 Å². The van der Waals surface area contributed by atoms with Gasteiger partial charge in [0.25, 0.3) is 5.91 Å². The van der Waals surface area contributed by atoms with Crippen molar-refractivity contribution in [3.05, 3.63) is 66.0 Å². The number of nitrogens with two attached hydrogens (primary N) is 1. The fourth-order valence-corrected chi connectivity index (χ4v) is 2.45. The van der Waals surface area contributed by atoms with Crippen LogP contribution in [0.25, 0.3) is 0 Å². The normalized spacial score (nSPS) is 12.1. The molecule has 8 heteroatoms. The van der Waals surface area contributed by atoms with Gasteiger partial charge < -0.3 is 15.6 Å². The minimum Gasteiger partial charge on any atom is -0.337 e. The van der Waals surface area contributed by atoms with Crippen LogP contribution in [0.5, 0.6) is 0 Å². The van der Waals surface area contributed by atoms with Crippen LogP contribution in [0.4, 0.5) is 0 Å². The highest BCUT2D eigenvalue weighted by Crippen LogP contribution is 2.20. The maximum Gasteiger partial charge on any atom is 0.274 e. The fourth-order valence-electron chi connectivity index (χ4n) is 2.45. The Hall–Kier alpha value is -3.00. The summed E-state index contributed by atoms with van der Waals surface area (Å²) in [6, 6.07) is 9.30. The van der Waals surface area contributed by atoms with E-state index in [1.807, 2.05) is 48.1 Å². The molecule has 0 fully saturated rings. The maximum absolute atomic E-state index is 12.6. The Kier molecular flexibility index (Phi) is 4.66. The van der Waals surface area contributed by atoms with Crippen molar-refractivity contribution in [2.24, 2.45) is 12.8 Å². The zero-order chi connectivity index (χ0) is 16.9. The number of aryl methyl sites for hydroxylation is 1. The Morgan fingerprint density at radius 3 is 2.79 bits per heavy atom. The number of aromatic nitrogens is 5. The Morgan fingerprint density at radius 1 is 1.33 bits per heavy atom. The molecular formula is C16H19N7O. The number of amides is 1. The molecule has 1 unspecified atom stereocenters. The van der Waals surface area contributed by atoms with Gasteiger partial charge in [-0.1, -0.05) is 35.5 Å². The molecular weight excluding hydrogens is 306 g/mol. The molecule has 1 atom stereocenters. The van der Waals surface area contributed by atoms with Crippen molar-refractivity contribution in [2.45, 2.75) is 12.6 Å². The molecule has 3 N–H and O–H groups in total. The van der Waals surface area contributed by atoms with Gasteiger partial charge in [0.05, 0.1) is 12.7 Å². The first kappa shape index (κ1) is 15.9. The lowest BCUT2D eigenvalue weighted by Crippen LogP contribution is -2.31. The SMILES string of the molecule is Cn1ccnc1C(NC(=O)c1cn(CCN)nn1)c1ccccc1. The molecule has 0 aliphatic heterocycles. The topological polar surface area (TPSA) is 104 Å². The molecule has 0 aliphatic carbocycles. The summed E-state index contributed by atoms with van der Waals surface area (Å²) in [5.41, 5.74) is 6.67. The Bertz CT molecular complexity index is 809. The van der Waals surface area contributed by atoms with Gasteiger partial charge in [-0.05, 0) is 5.56 Å². The average Bonchev–Trinajstić information content (AvgIpc) is 3.23. The molecule has 1 amide bonds. The molecule has 0 saturated carbocycles. The molecule has 0 aliphatic rings. The zero-order valence-corrected chi connectivity index (χ0v) is 13.3. The van der Waals surface area contributed by atoms with Crippen LogP contribution in [0.2, 0.25) is 0 Å². The number of carbonyl (C=O) groups is 1. The monoisotopic (exact) mass is 325 g/mol. The molecule has 3 aromatic rings. The molecule has 0 spiro atoms. The van der Waals surface area contributed by atoms with Gasteiger partial charge >= 0.3 is 0 Å². The summed E-state index contributed by atoms with van der Waals surface area (Å²) in [6.45, 7) is 0.950. The predicted octanol–water partition coefficient (Wildman–Crippen LogP) is 0.490. The van der Waals surface area contributed by atoms with Crippen LogP contribution in [-0.2, 0) is 13.6 Å². The number of nitrogens with one attached hydrogen (secondary N) is 1. The van der Waals surface area contributed by atoms with Crippen LogP contribution >= 0.6 is 0 Å². The van der Waals surface area contributed by atoms with Gasteiger partial charge in [-0.15, -0.1) is 5.10 Å². The summed E-state index contributed by atoms with van der Waals surface area (Å²) in [6.07, 6.45) is 5.13. The van der Waals surface area contributed by atoms with E-state index in [0.29, 0.717) is 13.1 Å². The third-order valence-electron chi connectivity index (χ3n) is 3.65. The van der Waals surface area contributed by atoms with Crippen LogP contribution < -0.4 is 11.1 Å². The maximum atomic E-state index is 12.6. The molecule has 1 aromatic carbocycles. The first-order chi connectivity index (χ1) is 11.7. The van der Waals surface area contributed by atoms with Crippen molar-refractivity contribution >= 4 is 5.91 Å². The van der Waals surface area contributed by atoms with E-state index in [1.54, 1.807) is 17.1 Å². The van der Waals surface area contributed by atoms with Gasteiger partial charge in [0, 0.05) is 26.0 Å². The number of hydrogen-bond donors (Lipinski definition) is 2. The molecule has 0 bridgehead atoms. The third-order valence-corrected chi connectivity index (χ3v) is 3.65. The van der Waals surface area contributed by atoms with Crippen molar-refractivity contribution in [3.63, 3.8) is 0 Å². The second-order valence-electron chi connectivity index (χ2n) is 5.37. The minimum absolute atomic E-state index is 0.249. The number of hydrogen-bond acceptors (Lipinski definition) is 5. The van der Waals surface area contributed by atoms with Gasteiger partial charge in [0.1, 0.15) is 11.9 Å². The largest absolute Gasteiger partial charge is 0.337 e. The van der Waals surface area contributed by atoms with E-state index in [2.05, 4.69) is 20.6 Å². The average molecular weight is 325 g/mol. The van der Waals surface area contributed by atoms with Crippen LogP contribution in [0.15, 0.2) is 48.9 Å². The Morgan fingerprint density at radius 2 is 2.12 bits per heavy atom. The van der Waals surface area contributed by atoms with E-state index < -0.39 is 0 Å². The lowest BCUT2D eigenvalue weighted by Gasteiger charge is -2.18. The van der Waals surface area contributed by atoms with E-state index in [4.69, 9.17) is 5.73 Å². The van der Waals surface area contributed by atoms with Gasteiger partial charge in [0.15, 0.2) is 5.69 Å².